The Morgan fingerprint density at radius 1 is 1.19 bits per heavy atom. The zero-order chi connectivity index (χ0) is 18.1. The van der Waals surface area contributed by atoms with Gasteiger partial charge >= 0.3 is 0 Å². The number of hydrogen-bond acceptors (Lipinski definition) is 5. The molecule has 0 spiro atoms. The first-order chi connectivity index (χ1) is 12.6. The number of nitrogens with zero attached hydrogens (tertiary/aromatic N) is 4. The van der Waals surface area contributed by atoms with E-state index in [1.165, 1.54) is 6.07 Å². The monoisotopic (exact) mass is 372 g/mol. The second kappa shape index (κ2) is 6.87. The van der Waals surface area contributed by atoms with Crippen LogP contribution in [0.3, 0.4) is 0 Å². The van der Waals surface area contributed by atoms with E-state index in [0.717, 1.165) is 29.6 Å². The molecule has 0 aliphatic carbocycles. The maximum atomic E-state index is 14.1. The normalized spacial score (nSPS) is 13.8. The average Bonchev–Trinajstić information content (AvgIpc) is 3.29. The number of hydrogen-bond donors (Lipinski definition) is 1. The van der Waals surface area contributed by atoms with Crippen LogP contribution in [-0.4, -0.2) is 30.6 Å². The van der Waals surface area contributed by atoms with Gasteiger partial charge in [0.25, 0.3) is 5.88 Å². The van der Waals surface area contributed by atoms with Gasteiger partial charge in [0.1, 0.15) is 11.5 Å². The summed E-state index contributed by atoms with van der Waals surface area (Å²) >= 11 is 1.71. The van der Waals surface area contributed by atoms with Crippen molar-refractivity contribution in [3.8, 4) is 17.4 Å². The number of rotatable bonds is 4. The predicted octanol–water partition coefficient (Wildman–Crippen LogP) is 3.85. The number of allylic oxidation sites excluding steroid dienone is 1. The van der Waals surface area contributed by atoms with Crippen molar-refractivity contribution in [2.24, 2.45) is 0 Å². The maximum Gasteiger partial charge on any atom is 0.251 e. The van der Waals surface area contributed by atoms with Crippen LogP contribution in [0.1, 0.15) is 17.7 Å². The fourth-order valence-electron chi connectivity index (χ4n) is 2.75. The molecule has 5 nitrogen and oxygen atoms in total. The number of aromatic hydroxyl groups is 1. The summed E-state index contributed by atoms with van der Waals surface area (Å²) in [5.41, 5.74) is 2.83. The number of aromatic nitrogens is 4. The zero-order valence-electron chi connectivity index (χ0n) is 13.6. The highest BCUT2D eigenvalue weighted by Gasteiger charge is 2.19. The molecule has 1 aromatic carbocycles. The lowest BCUT2D eigenvalue weighted by molar-refractivity contribution is 0.409. The molecule has 0 radical (unpaired) electrons. The molecule has 26 heavy (non-hydrogen) atoms. The first kappa shape index (κ1) is 16.7. The van der Waals surface area contributed by atoms with Gasteiger partial charge in [-0.2, -0.15) is 14.5 Å². The summed E-state index contributed by atoms with van der Waals surface area (Å²) in [5, 5.41) is 16.0. The van der Waals surface area contributed by atoms with Gasteiger partial charge in [-0.1, -0.05) is 18.2 Å². The van der Waals surface area contributed by atoms with Gasteiger partial charge in [0.05, 0.1) is 18.4 Å². The summed E-state index contributed by atoms with van der Waals surface area (Å²) in [6.07, 6.45) is 1.78. The van der Waals surface area contributed by atoms with E-state index in [2.05, 4.69) is 20.5 Å². The Bertz CT molecular complexity index is 1000. The van der Waals surface area contributed by atoms with E-state index in [-0.39, 0.29) is 18.2 Å². The van der Waals surface area contributed by atoms with E-state index in [1.807, 2.05) is 0 Å². The molecule has 0 saturated heterocycles. The number of thioether (sulfide) groups is 1. The molecule has 4 rings (SSSR count). The molecule has 1 N–H and O–H groups in total. The van der Waals surface area contributed by atoms with Gasteiger partial charge in [-0.3, -0.25) is 4.68 Å². The summed E-state index contributed by atoms with van der Waals surface area (Å²) in [7, 11) is 0. The molecule has 0 amide bonds. The fraction of sp³-hybridized carbons (Fsp3) is 0.167. The van der Waals surface area contributed by atoms with Gasteiger partial charge in [0, 0.05) is 11.3 Å². The quantitative estimate of drug-likeness (QED) is 0.754. The third-order valence-electron chi connectivity index (χ3n) is 4.06. The standard InChI is InChI=1S/C18H14F2N4OS/c19-13-4-2-1-3-11(13)9-24-16(12-5-6-26-10-12)7-15(23-24)17-21-8-14(20)18(25)22-17/h1-4,7-8,10H,5-6,9H2,(H,21,22,25). The van der Waals surface area contributed by atoms with Crippen LogP contribution in [0.4, 0.5) is 8.78 Å². The van der Waals surface area contributed by atoms with E-state index < -0.39 is 11.7 Å². The third-order valence-corrected chi connectivity index (χ3v) is 4.95. The van der Waals surface area contributed by atoms with Crippen LogP contribution < -0.4 is 0 Å². The van der Waals surface area contributed by atoms with Crippen molar-refractivity contribution in [1.29, 1.82) is 0 Å². The Kier molecular flexibility index (Phi) is 4.42. The van der Waals surface area contributed by atoms with Gasteiger partial charge < -0.3 is 5.11 Å². The summed E-state index contributed by atoms with van der Waals surface area (Å²) in [6.45, 7) is 0.247. The van der Waals surface area contributed by atoms with Gasteiger partial charge in [-0.05, 0) is 29.5 Å². The zero-order valence-corrected chi connectivity index (χ0v) is 14.4. The summed E-state index contributed by atoms with van der Waals surface area (Å²) in [6, 6.07) is 8.31. The van der Waals surface area contributed by atoms with Gasteiger partial charge in [-0.15, -0.1) is 11.8 Å². The Morgan fingerprint density at radius 3 is 2.77 bits per heavy atom. The molecular weight excluding hydrogens is 358 g/mol. The molecule has 1 aliphatic heterocycles. The first-order valence-corrected chi connectivity index (χ1v) is 9.01. The minimum Gasteiger partial charge on any atom is -0.491 e. The van der Waals surface area contributed by atoms with Crippen molar-refractivity contribution in [3.05, 3.63) is 64.8 Å². The van der Waals surface area contributed by atoms with Crippen LogP contribution in [0, 0.1) is 11.6 Å². The highest BCUT2D eigenvalue weighted by molar-refractivity contribution is 8.02. The van der Waals surface area contributed by atoms with E-state index in [9.17, 15) is 13.9 Å². The molecular formula is C18H14F2N4OS. The highest BCUT2D eigenvalue weighted by atomic mass is 32.2. The molecule has 0 bridgehead atoms. The van der Waals surface area contributed by atoms with E-state index in [1.54, 1.807) is 40.7 Å². The van der Waals surface area contributed by atoms with Gasteiger partial charge in [-0.25, -0.2) is 9.37 Å². The van der Waals surface area contributed by atoms with Crippen LogP contribution >= 0.6 is 11.8 Å². The van der Waals surface area contributed by atoms with E-state index >= 15 is 0 Å². The van der Waals surface area contributed by atoms with Crippen LogP contribution in [-0.2, 0) is 6.54 Å². The Balaban J connectivity index is 1.77. The van der Waals surface area contributed by atoms with Crippen molar-refractivity contribution in [3.63, 3.8) is 0 Å². The second-order valence-electron chi connectivity index (χ2n) is 5.79. The first-order valence-electron chi connectivity index (χ1n) is 7.96. The summed E-state index contributed by atoms with van der Waals surface area (Å²) in [4.78, 5) is 7.64. The number of benzene rings is 1. The van der Waals surface area contributed by atoms with Crippen LogP contribution in [0.25, 0.3) is 17.1 Å². The van der Waals surface area contributed by atoms with Crippen molar-refractivity contribution in [1.82, 2.24) is 19.7 Å². The molecule has 3 heterocycles. The van der Waals surface area contributed by atoms with Crippen LogP contribution in [0.2, 0.25) is 0 Å². The molecule has 8 heteroatoms. The number of halogens is 2. The molecule has 0 unspecified atom stereocenters. The van der Waals surface area contributed by atoms with Crippen LogP contribution in [0.5, 0.6) is 5.88 Å². The molecule has 0 atom stereocenters. The van der Waals surface area contributed by atoms with Crippen molar-refractivity contribution >= 4 is 17.3 Å². The van der Waals surface area contributed by atoms with Gasteiger partial charge in [0.15, 0.2) is 5.82 Å². The highest BCUT2D eigenvalue weighted by Crippen LogP contribution is 2.32. The Hall–Kier alpha value is -2.74. The second-order valence-corrected chi connectivity index (χ2v) is 6.77. The SMILES string of the molecule is Oc1nc(-c2cc(C3=CSCC3)n(Cc3ccccc3F)n2)ncc1F. The van der Waals surface area contributed by atoms with Gasteiger partial charge in [0.2, 0.25) is 5.82 Å². The smallest absolute Gasteiger partial charge is 0.251 e. The molecule has 2 aromatic heterocycles. The third kappa shape index (κ3) is 3.20. The molecule has 1 aliphatic rings. The average molecular weight is 372 g/mol. The summed E-state index contributed by atoms with van der Waals surface area (Å²) in [5.74, 6) is -0.834. The Morgan fingerprint density at radius 2 is 2.04 bits per heavy atom. The maximum absolute atomic E-state index is 14.1. The van der Waals surface area contributed by atoms with E-state index in [4.69, 9.17) is 0 Å². The largest absolute Gasteiger partial charge is 0.491 e. The lowest BCUT2D eigenvalue weighted by Gasteiger charge is -2.08. The molecule has 3 aromatic rings. The topological polar surface area (TPSA) is 63.8 Å². The minimum absolute atomic E-state index is 0.115. The predicted molar refractivity (Wildman–Crippen MR) is 95.4 cm³/mol. The van der Waals surface area contributed by atoms with E-state index in [0.29, 0.717) is 11.3 Å². The van der Waals surface area contributed by atoms with Crippen molar-refractivity contribution in [2.45, 2.75) is 13.0 Å². The molecule has 0 saturated carbocycles. The van der Waals surface area contributed by atoms with Crippen molar-refractivity contribution in [2.75, 3.05) is 5.75 Å². The minimum atomic E-state index is -0.894. The van der Waals surface area contributed by atoms with Crippen molar-refractivity contribution < 1.29 is 13.9 Å². The lowest BCUT2D eigenvalue weighted by Crippen LogP contribution is -2.07. The molecule has 132 valence electrons. The summed E-state index contributed by atoms with van der Waals surface area (Å²) < 4.78 is 29.0. The Labute approximate surface area is 152 Å². The molecule has 0 fully saturated rings. The van der Waals surface area contributed by atoms with Crippen LogP contribution in [0.15, 0.2) is 41.9 Å². The lowest BCUT2D eigenvalue weighted by atomic mass is 10.1. The fourth-order valence-corrected chi connectivity index (χ4v) is 3.65.